The van der Waals surface area contributed by atoms with Gasteiger partial charge in [-0.15, -0.1) is 0 Å². The van der Waals surface area contributed by atoms with Crippen molar-refractivity contribution >= 4 is 5.97 Å². The van der Waals surface area contributed by atoms with Crippen molar-refractivity contribution < 1.29 is 27.8 Å². The molecule has 0 aliphatic rings. The smallest absolute Gasteiger partial charge is 0.417 e. The molecule has 0 bridgehead atoms. The first kappa shape index (κ1) is 14.2. The Morgan fingerprint density at radius 1 is 1.40 bits per heavy atom. The quantitative estimate of drug-likeness (QED) is 0.732. The van der Waals surface area contributed by atoms with Crippen molar-refractivity contribution in [3.05, 3.63) is 0 Å². The summed E-state index contributed by atoms with van der Waals surface area (Å²) < 4.78 is 41.5. The monoisotopic (exact) mass is 228 g/mol. The van der Waals surface area contributed by atoms with E-state index in [0.717, 1.165) is 7.11 Å². The lowest BCUT2D eigenvalue weighted by molar-refractivity contribution is -0.265. The van der Waals surface area contributed by atoms with Crippen LogP contribution in [0.2, 0.25) is 0 Å². The van der Waals surface area contributed by atoms with Gasteiger partial charge in [0, 0.05) is 0 Å². The van der Waals surface area contributed by atoms with Crippen LogP contribution >= 0.6 is 0 Å². The van der Waals surface area contributed by atoms with Crippen molar-refractivity contribution in [1.29, 1.82) is 0 Å². The van der Waals surface area contributed by atoms with Gasteiger partial charge in [-0.25, -0.2) is 0 Å². The van der Waals surface area contributed by atoms with Crippen LogP contribution in [0.15, 0.2) is 0 Å². The molecule has 0 saturated heterocycles. The molecule has 0 amide bonds. The maximum atomic E-state index is 12.5. The summed E-state index contributed by atoms with van der Waals surface area (Å²) >= 11 is 0. The number of methoxy groups -OCH3 is 1. The molecule has 0 aromatic rings. The van der Waals surface area contributed by atoms with Crippen molar-refractivity contribution in [3.63, 3.8) is 0 Å². The third-order valence-electron chi connectivity index (χ3n) is 2.14. The molecule has 0 spiro atoms. The Morgan fingerprint density at radius 3 is 2.27 bits per heavy atom. The molecular formula is C9H15F3O3. The molecule has 3 nitrogen and oxygen atoms in total. The number of halogens is 3. The molecule has 0 fully saturated rings. The second-order valence-electron chi connectivity index (χ2n) is 3.39. The number of alkyl halides is 3. The molecule has 0 radical (unpaired) electrons. The minimum atomic E-state index is -4.81. The molecule has 0 rings (SSSR count). The molecule has 1 atom stereocenters. The van der Waals surface area contributed by atoms with Gasteiger partial charge < -0.3 is 9.84 Å². The van der Waals surface area contributed by atoms with E-state index in [2.05, 4.69) is 4.74 Å². The van der Waals surface area contributed by atoms with Crippen molar-refractivity contribution in [2.45, 2.75) is 44.4 Å². The van der Waals surface area contributed by atoms with Gasteiger partial charge >= 0.3 is 12.1 Å². The summed E-state index contributed by atoms with van der Waals surface area (Å²) in [5, 5.41) is 9.35. The Labute approximate surface area is 86.2 Å². The van der Waals surface area contributed by atoms with Gasteiger partial charge in [0.25, 0.3) is 0 Å². The summed E-state index contributed by atoms with van der Waals surface area (Å²) in [6, 6.07) is 0. The topological polar surface area (TPSA) is 46.5 Å². The summed E-state index contributed by atoms with van der Waals surface area (Å²) in [5.74, 6) is -1.06. The number of carbonyl (C=O) groups is 1. The van der Waals surface area contributed by atoms with Crippen LogP contribution in [0.3, 0.4) is 0 Å². The van der Waals surface area contributed by atoms with Crippen molar-refractivity contribution in [1.82, 2.24) is 0 Å². The van der Waals surface area contributed by atoms with Gasteiger partial charge in [-0.1, -0.05) is 19.8 Å². The predicted octanol–water partition coefficient (Wildman–Crippen LogP) is 2.03. The average molecular weight is 228 g/mol. The Bertz CT molecular complexity index is 215. The second-order valence-corrected chi connectivity index (χ2v) is 3.39. The van der Waals surface area contributed by atoms with Gasteiger partial charge in [-0.05, 0) is 6.42 Å². The molecule has 0 aliphatic heterocycles. The maximum Gasteiger partial charge on any atom is 0.417 e. The number of esters is 1. The Kier molecular flexibility index (Phi) is 5.07. The van der Waals surface area contributed by atoms with Crippen LogP contribution in [0, 0.1) is 0 Å². The first-order valence-electron chi connectivity index (χ1n) is 4.62. The maximum absolute atomic E-state index is 12.5. The van der Waals surface area contributed by atoms with Gasteiger partial charge in [0.1, 0.15) is 0 Å². The van der Waals surface area contributed by atoms with Crippen LogP contribution in [-0.2, 0) is 9.53 Å². The summed E-state index contributed by atoms with van der Waals surface area (Å²) in [4.78, 5) is 10.8. The van der Waals surface area contributed by atoms with Crippen LogP contribution in [0.4, 0.5) is 13.2 Å². The van der Waals surface area contributed by atoms with E-state index in [4.69, 9.17) is 0 Å². The Morgan fingerprint density at radius 2 is 1.93 bits per heavy atom. The third kappa shape index (κ3) is 4.07. The van der Waals surface area contributed by atoms with Gasteiger partial charge in [0.2, 0.25) is 0 Å². The molecule has 0 aromatic heterocycles. The lowest BCUT2D eigenvalue weighted by Gasteiger charge is -2.29. The standard InChI is InChI=1S/C9H15F3O3/c1-3-4-5-8(14,9(10,11)12)6-7(13)15-2/h14H,3-6H2,1-2H3. The Hall–Kier alpha value is -0.780. The Balaban J connectivity index is 4.62. The minimum Gasteiger partial charge on any atom is -0.469 e. The summed E-state index contributed by atoms with van der Waals surface area (Å²) in [5.41, 5.74) is -2.96. The lowest BCUT2D eigenvalue weighted by atomic mass is 9.92. The molecule has 90 valence electrons. The fourth-order valence-corrected chi connectivity index (χ4v) is 1.11. The van der Waals surface area contributed by atoms with Gasteiger partial charge in [-0.3, -0.25) is 4.79 Å². The SMILES string of the molecule is CCCCC(O)(CC(=O)OC)C(F)(F)F. The number of hydrogen-bond donors (Lipinski definition) is 1. The van der Waals surface area contributed by atoms with E-state index in [1.807, 2.05) is 0 Å². The zero-order valence-corrected chi connectivity index (χ0v) is 8.73. The summed E-state index contributed by atoms with van der Waals surface area (Å²) in [6.07, 6.45) is -5.63. The fraction of sp³-hybridized carbons (Fsp3) is 0.889. The summed E-state index contributed by atoms with van der Waals surface area (Å²) in [6.45, 7) is 1.70. The zero-order chi connectivity index (χ0) is 12.1. The van der Waals surface area contributed by atoms with Crippen molar-refractivity contribution in [2.75, 3.05) is 7.11 Å². The molecule has 1 unspecified atom stereocenters. The van der Waals surface area contributed by atoms with E-state index < -0.39 is 30.6 Å². The molecule has 0 heterocycles. The van der Waals surface area contributed by atoms with E-state index in [1.165, 1.54) is 0 Å². The zero-order valence-electron chi connectivity index (χ0n) is 8.73. The lowest BCUT2D eigenvalue weighted by Crippen LogP contribution is -2.47. The number of rotatable bonds is 5. The third-order valence-corrected chi connectivity index (χ3v) is 2.14. The van der Waals surface area contributed by atoms with Crippen LogP contribution in [0.25, 0.3) is 0 Å². The van der Waals surface area contributed by atoms with Crippen molar-refractivity contribution in [3.8, 4) is 0 Å². The molecule has 1 N–H and O–H groups in total. The van der Waals surface area contributed by atoms with E-state index in [0.29, 0.717) is 6.42 Å². The van der Waals surface area contributed by atoms with E-state index in [1.54, 1.807) is 6.92 Å². The minimum absolute atomic E-state index is 0.201. The molecule has 15 heavy (non-hydrogen) atoms. The van der Waals surface area contributed by atoms with Gasteiger partial charge in [0.05, 0.1) is 13.5 Å². The first-order valence-corrected chi connectivity index (χ1v) is 4.62. The molecule has 6 heteroatoms. The van der Waals surface area contributed by atoms with Crippen molar-refractivity contribution in [2.24, 2.45) is 0 Å². The highest BCUT2D eigenvalue weighted by molar-refractivity contribution is 5.70. The van der Waals surface area contributed by atoms with E-state index >= 15 is 0 Å². The normalized spacial score (nSPS) is 15.9. The van der Waals surface area contributed by atoms with Crippen LogP contribution < -0.4 is 0 Å². The van der Waals surface area contributed by atoms with Gasteiger partial charge in [-0.2, -0.15) is 13.2 Å². The number of hydrogen-bond acceptors (Lipinski definition) is 3. The molecule has 0 saturated carbocycles. The number of aliphatic hydroxyl groups is 1. The first-order chi connectivity index (χ1) is 6.77. The van der Waals surface area contributed by atoms with E-state index in [-0.39, 0.29) is 6.42 Å². The second kappa shape index (κ2) is 5.34. The largest absolute Gasteiger partial charge is 0.469 e. The molecule has 0 aromatic carbocycles. The highest BCUT2D eigenvalue weighted by Gasteiger charge is 2.54. The van der Waals surface area contributed by atoms with Crippen LogP contribution in [0.5, 0.6) is 0 Å². The number of ether oxygens (including phenoxy) is 1. The molecular weight excluding hydrogens is 213 g/mol. The van der Waals surface area contributed by atoms with Crippen LogP contribution in [-0.4, -0.2) is 30.0 Å². The summed E-state index contributed by atoms with van der Waals surface area (Å²) in [7, 11) is 0.985. The number of unbranched alkanes of at least 4 members (excludes halogenated alkanes) is 1. The highest BCUT2D eigenvalue weighted by Crippen LogP contribution is 2.37. The van der Waals surface area contributed by atoms with Gasteiger partial charge in [0.15, 0.2) is 5.60 Å². The number of carbonyl (C=O) groups excluding carboxylic acids is 1. The highest BCUT2D eigenvalue weighted by atomic mass is 19.4. The fourth-order valence-electron chi connectivity index (χ4n) is 1.11. The van der Waals surface area contributed by atoms with E-state index in [9.17, 15) is 23.1 Å². The average Bonchev–Trinajstić information content (AvgIpc) is 2.12. The molecule has 0 aliphatic carbocycles. The predicted molar refractivity (Wildman–Crippen MR) is 47.2 cm³/mol. The van der Waals surface area contributed by atoms with Crippen LogP contribution in [0.1, 0.15) is 32.6 Å².